The van der Waals surface area contributed by atoms with Crippen molar-refractivity contribution in [1.29, 1.82) is 0 Å². The lowest BCUT2D eigenvalue weighted by Crippen LogP contribution is -2.13. The highest BCUT2D eigenvalue weighted by atomic mass is 35.5. The zero-order valence-corrected chi connectivity index (χ0v) is 13.1. The lowest BCUT2D eigenvalue weighted by Gasteiger charge is -2.15. The summed E-state index contributed by atoms with van der Waals surface area (Å²) in [6.07, 6.45) is 4.41. The quantitative estimate of drug-likeness (QED) is 0.915. The van der Waals surface area contributed by atoms with Crippen molar-refractivity contribution in [2.45, 2.75) is 40.0 Å². The molecule has 0 aliphatic carbocycles. The molecule has 0 saturated heterocycles. The minimum absolute atomic E-state index is 0.252. The molecule has 0 aromatic carbocycles. The molecule has 0 fully saturated rings. The molecule has 108 valence electrons. The van der Waals surface area contributed by atoms with Crippen molar-refractivity contribution in [3.8, 4) is 5.82 Å². The fourth-order valence-electron chi connectivity index (χ4n) is 1.84. The van der Waals surface area contributed by atoms with Gasteiger partial charge >= 0.3 is 0 Å². The molecule has 2 rings (SSSR count). The van der Waals surface area contributed by atoms with Gasteiger partial charge in [-0.1, -0.05) is 32.4 Å². The number of rotatable bonds is 5. The molecule has 0 saturated carbocycles. The molecule has 0 aliphatic heterocycles. The van der Waals surface area contributed by atoms with E-state index in [0.717, 1.165) is 36.0 Å². The van der Waals surface area contributed by atoms with E-state index in [9.17, 15) is 0 Å². The van der Waals surface area contributed by atoms with Crippen LogP contribution in [0.1, 0.15) is 44.5 Å². The van der Waals surface area contributed by atoms with Crippen molar-refractivity contribution >= 4 is 17.4 Å². The molecule has 0 amide bonds. The maximum Gasteiger partial charge on any atom is 0.162 e. The Labute approximate surface area is 124 Å². The Kier molecular flexibility index (Phi) is 4.60. The Morgan fingerprint density at radius 1 is 1.35 bits per heavy atom. The Morgan fingerprint density at radius 3 is 2.65 bits per heavy atom. The first-order chi connectivity index (χ1) is 9.52. The van der Waals surface area contributed by atoms with Gasteiger partial charge in [0, 0.05) is 18.0 Å². The van der Waals surface area contributed by atoms with Gasteiger partial charge in [-0.15, -0.1) is 0 Å². The minimum Gasteiger partial charge on any atom is -0.370 e. The van der Waals surface area contributed by atoms with Crippen molar-refractivity contribution < 1.29 is 0 Å². The molecule has 5 nitrogen and oxygen atoms in total. The SMILES string of the molecule is CCCNc1nc(C(C)C)nc(-n2cc(Cl)cn2)c1C. The number of hydrogen-bond donors (Lipinski definition) is 1. The fourth-order valence-corrected chi connectivity index (χ4v) is 1.97. The van der Waals surface area contributed by atoms with E-state index >= 15 is 0 Å². The summed E-state index contributed by atoms with van der Waals surface area (Å²) in [4.78, 5) is 9.22. The second-order valence-electron chi connectivity index (χ2n) is 5.06. The maximum atomic E-state index is 5.95. The summed E-state index contributed by atoms with van der Waals surface area (Å²) in [6.45, 7) is 9.16. The molecule has 2 aromatic rings. The molecule has 20 heavy (non-hydrogen) atoms. The Balaban J connectivity index is 2.51. The van der Waals surface area contributed by atoms with E-state index in [1.165, 1.54) is 0 Å². The van der Waals surface area contributed by atoms with Crippen LogP contribution in [0.5, 0.6) is 0 Å². The molecule has 0 spiro atoms. The number of hydrogen-bond acceptors (Lipinski definition) is 4. The summed E-state index contributed by atoms with van der Waals surface area (Å²) in [7, 11) is 0. The lowest BCUT2D eigenvalue weighted by atomic mass is 10.2. The van der Waals surface area contributed by atoms with Gasteiger partial charge < -0.3 is 5.32 Å². The van der Waals surface area contributed by atoms with Crippen molar-refractivity contribution in [3.63, 3.8) is 0 Å². The molecule has 6 heteroatoms. The van der Waals surface area contributed by atoms with Gasteiger partial charge in [-0.3, -0.25) is 0 Å². The molecule has 2 heterocycles. The highest BCUT2D eigenvalue weighted by Gasteiger charge is 2.15. The maximum absolute atomic E-state index is 5.95. The average Bonchev–Trinajstić information content (AvgIpc) is 2.83. The van der Waals surface area contributed by atoms with Crippen LogP contribution in [0.15, 0.2) is 12.4 Å². The molecule has 0 bridgehead atoms. The van der Waals surface area contributed by atoms with Gasteiger partial charge in [0.1, 0.15) is 11.6 Å². The van der Waals surface area contributed by atoms with Crippen molar-refractivity contribution in [2.24, 2.45) is 0 Å². The summed E-state index contributed by atoms with van der Waals surface area (Å²) < 4.78 is 1.70. The Morgan fingerprint density at radius 2 is 2.10 bits per heavy atom. The van der Waals surface area contributed by atoms with Crippen LogP contribution in [0, 0.1) is 6.92 Å². The Hall–Kier alpha value is -1.62. The van der Waals surface area contributed by atoms with Gasteiger partial charge in [-0.25, -0.2) is 14.6 Å². The van der Waals surface area contributed by atoms with Crippen LogP contribution in [0.25, 0.3) is 5.82 Å². The zero-order valence-electron chi connectivity index (χ0n) is 12.3. The third kappa shape index (κ3) is 3.10. The summed E-state index contributed by atoms with van der Waals surface area (Å²) in [6, 6.07) is 0. The molecule has 0 atom stereocenters. The summed E-state index contributed by atoms with van der Waals surface area (Å²) in [5, 5.41) is 8.18. The molecule has 2 aromatic heterocycles. The largest absolute Gasteiger partial charge is 0.370 e. The molecular weight excluding hydrogens is 274 g/mol. The predicted molar refractivity (Wildman–Crippen MR) is 81.8 cm³/mol. The smallest absolute Gasteiger partial charge is 0.162 e. The van der Waals surface area contributed by atoms with Crippen LogP contribution in [0.2, 0.25) is 5.02 Å². The monoisotopic (exact) mass is 293 g/mol. The van der Waals surface area contributed by atoms with Crippen LogP contribution in [-0.4, -0.2) is 26.3 Å². The third-order valence-electron chi connectivity index (χ3n) is 2.96. The first kappa shape index (κ1) is 14.8. The normalized spacial score (nSPS) is 11.1. The van der Waals surface area contributed by atoms with Gasteiger partial charge in [-0.2, -0.15) is 5.10 Å². The zero-order chi connectivity index (χ0) is 14.7. The Bertz CT molecular complexity index is 591. The number of nitrogens with zero attached hydrogens (tertiary/aromatic N) is 4. The predicted octanol–water partition coefficient (Wildman–Crippen LogP) is 3.57. The van der Waals surface area contributed by atoms with E-state index in [0.29, 0.717) is 5.02 Å². The second-order valence-corrected chi connectivity index (χ2v) is 5.50. The standard InChI is InChI=1S/C14H20ClN5/c1-5-6-16-13-10(4)14(19-12(18-13)9(2)3)20-8-11(15)7-17-20/h7-9H,5-6H2,1-4H3,(H,16,18,19). The fraction of sp³-hybridized carbons (Fsp3) is 0.500. The highest BCUT2D eigenvalue weighted by molar-refractivity contribution is 6.30. The van der Waals surface area contributed by atoms with E-state index in [2.05, 4.69) is 41.2 Å². The van der Waals surface area contributed by atoms with Crippen molar-refractivity contribution in [2.75, 3.05) is 11.9 Å². The number of anilines is 1. The highest BCUT2D eigenvalue weighted by Crippen LogP contribution is 2.22. The van der Waals surface area contributed by atoms with Crippen LogP contribution < -0.4 is 5.32 Å². The lowest BCUT2D eigenvalue weighted by molar-refractivity contribution is 0.739. The van der Waals surface area contributed by atoms with Gasteiger partial charge in [0.2, 0.25) is 0 Å². The van der Waals surface area contributed by atoms with E-state index in [-0.39, 0.29) is 5.92 Å². The number of halogens is 1. The van der Waals surface area contributed by atoms with Gasteiger partial charge in [-0.05, 0) is 13.3 Å². The third-order valence-corrected chi connectivity index (χ3v) is 3.16. The van der Waals surface area contributed by atoms with Crippen LogP contribution in [-0.2, 0) is 0 Å². The molecule has 0 radical (unpaired) electrons. The average molecular weight is 294 g/mol. The van der Waals surface area contributed by atoms with Gasteiger partial charge in [0.25, 0.3) is 0 Å². The van der Waals surface area contributed by atoms with E-state index in [1.54, 1.807) is 17.1 Å². The molecule has 0 unspecified atom stereocenters. The van der Waals surface area contributed by atoms with Crippen LogP contribution in [0.4, 0.5) is 5.82 Å². The van der Waals surface area contributed by atoms with Gasteiger partial charge in [0.15, 0.2) is 5.82 Å². The number of aromatic nitrogens is 4. The second kappa shape index (κ2) is 6.22. The van der Waals surface area contributed by atoms with Crippen LogP contribution in [0.3, 0.4) is 0 Å². The van der Waals surface area contributed by atoms with Crippen molar-refractivity contribution in [1.82, 2.24) is 19.7 Å². The first-order valence-electron chi connectivity index (χ1n) is 6.85. The molecular formula is C14H20ClN5. The molecule has 0 aliphatic rings. The molecule has 1 N–H and O–H groups in total. The van der Waals surface area contributed by atoms with Gasteiger partial charge in [0.05, 0.1) is 17.4 Å². The van der Waals surface area contributed by atoms with Crippen molar-refractivity contribution in [3.05, 3.63) is 28.8 Å². The first-order valence-corrected chi connectivity index (χ1v) is 7.23. The van der Waals surface area contributed by atoms with Crippen LogP contribution >= 0.6 is 11.6 Å². The van der Waals surface area contributed by atoms with E-state index in [4.69, 9.17) is 11.6 Å². The van der Waals surface area contributed by atoms with E-state index in [1.807, 2.05) is 6.92 Å². The topological polar surface area (TPSA) is 55.6 Å². The summed E-state index contributed by atoms with van der Waals surface area (Å²) in [5.41, 5.74) is 0.975. The number of nitrogens with one attached hydrogen (secondary N) is 1. The summed E-state index contributed by atoms with van der Waals surface area (Å²) >= 11 is 5.95. The summed E-state index contributed by atoms with van der Waals surface area (Å²) in [5.74, 6) is 2.69. The van der Waals surface area contributed by atoms with E-state index < -0.39 is 0 Å². The minimum atomic E-state index is 0.252.